The Bertz CT molecular complexity index is 1960. The average Bonchev–Trinajstić information content (AvgIpc) is 3.60. The van der Waals surface area contributed by atoms with Crippen LogP contribution in [-0.2, 0) is 14.3 Å². The largest absolute Gasteiger partial charge is 0.496 e. The SMILES string of the molecule is CCCC1=C(C(=O)OCC)[C@H](c2ccccc2OC)n2c(s/c(=C/c3ccc(-c4ccc(C(=O)OC(C)C)cc4C)o3)c2=O)=N1. The summed E-state index contributed by atoms with van der Waals surface area (Å²) in [6, 6.07) is 15.5. The van der Waals surface area contributed by atoms with E-state index in [9.17, 15) is 14.4 Å². The number of aryl methyl sites for hydroxylation is 1. The molecule has 0 saturated carbocycles. The van der Waals surface area contributed by atoms with Crippen molar-refractivity contribution in [3.63, 3.8) is 0 Å². The number of ether oxygens (including phenoxy) is 3. The molecule has 2 aromatic carbocycles. The summed E-state index contributed by atoms with van der Waals surface area (Å²) < 4.78 is 24.6. The summed E-state index contributed by atoms with van der Waals surface area (Å²) in [6.07, 6.45) is 2.77. The van der Waals surface area contributed by atoms with E-state index < -0.39 is 12.0 Å². The molecule has 1 aliphatic rings. The summed E-state index contributed by atoms with van der Waals surface area (Å²) in [5.74, 6) is 0.729. The molecule has 234 valence electrons. The van der Waals surface area contributed by atoms with Gasteiger partial charge in [0.1, 0.15) is 23.3 Å². The van der Waals surface area contributed by atoms with E-state index in [0.717, 1.165) is 17.5 Å². The predicted molar refractivity (Wildman–Crippen MR) is 172 cm³/mol. The van der Waals surface area contributed by atoms with Gasteiger partial charge in [0.15, 0.2) is 4.80 Å². The number of aromatic nitrogens is 1. The predicted octanol–water partition coefficient (Wildman–Crippen LogP) is 5.72. The first-order valence-corrected chi connectivity index (χ1v) is 15.7. The molecular weight excluding hydrogens is 592 g/mol. The third-order valence-electron chi connectivity index (χ3n) is 7.30. The smallest absolute Gasteiger partial charge is 0.338 e. The number of para-hydroxylation sites is 1. The minimum atomic E-state index is -0.782. The summed E-state index contributed by atoms with van der Waals surface area (Å²) in [7, 11) is 1.56. The van der Waals surface area contributed by atoms with Crippen molar-refractivity contribution in [2.24, 2.45) is 4.99 Å². The molecule has 0 amide bonds. The van der Waals surface area contributed by atoms with Crippen molar-refractivity contribution in [3.8, 4) is 17.1 Å². The number of allylic oxidation sites excluding steroid dienone is 1. The van der Waals surface area contributed by atoms with Crippen LogP contribution in [0.2, 0.25) is 0 Å². The lowest BCUT2D eigenvalue weighted by molar-refractivity contribution is -0.139. The zero-order chi connectivity index (χ0) is 32.2. The van der Waals surface area contributed by atoms with Crippen LogP contribution < -0.4 is 19.6 Å². The molecular formula is C35H36N2O7S. The first-order valence-electron chi connectivity index (χ1n) is 14.9. The number of nitrogens with zero attached hydrogens (tertiary/aromatic N) is 2. The van der Waals surface area contributed by atoms with Crippen molar-refractivity contribution >= 4 is 29.4 Å². The standard InChI is InChI=1S/C35H36N2O7S/c1-7-11-26-30(34(40)42-8-2)31(25-12-9-10-13-27(25)41-6)37-32(38)29(45-35(37)36-26)19-23-15-17-28(44-23)24-16-14-22(18-21(24)5)33(39)43-20(3)4/h9-10,12-20,31H,7-8,11H2,1-6H3/b29-19+/t31-/m0/s1. The van der Waals surface area contributed by atoms with E-state index in [2.05, 4.69) is 0 Å². The fourth-order valence-electron chi connectivity index (χ4n) is 5.36. The van der Waals surface area contributed by atoms with Gasteiger partial charge in [-0.05, 0) is 70.0 Å². The second kappa shape index (κ2) is 13.5. The van der Waals surface area contributed by atoms with Gasteiger partial charge in [-0.3, -0.25) is 9.36 Å². The molecule has 10 heteroatoms. The minimum Gasteiger partial charge on any atom is -0.496 e. The van der Waals surface area contributed by atoms with Gasteiger partial charge in [0, 0.05) is 17.2 Å². The summed E-state index contributed by atoms with van der Waals surface area (Å²) in [5, 5.41) is 0. The van der Waals surface area contributed by atoms with Crippen molar-refractivity contribution in [1.29, 1.82) is 0 Å². The zero-order valence-corrected chi connectivity index (χ0v) is 27.0. The Morgan fingerprint density at radius 1 is 1.09 bits per heavy atom. The zero-order valence-electron chi connectivity index (χ0n) is 26.2. The highest BCUT2D eigenvalue weighted by molar-refractivity contribution is 7.07. The number of hydrogen-bond acceptors (Lipinski definition) is 9. The molecule has 2 aromatic heterocycles. The third-order valence-corrected chi connectivity index (χ3v) is 8.28. The normalized spacial score (nSPS) is 14.7. The van der Waals surface area contributed by atoms with Crippen molar-refractivity contribution in [2.75, 3.05) is 13.7 Å². The first-order chi connectivity index (χ1) is 21.7. The molecule has 0 bridgehead atoms. The van der Waals surface area contributed by atoms with E-state index in [-0.39, 0.29) is 24.2 Å². The quantitative estimate of drug-likeness (QED) is 0.207. The van der Waals surface area contributed by atoms with Crippen LogP contribution in [0.15, 0.2) is 80.1 Å². The number of esters is 2. The highest BCUT2D eigenvalue weighted by Gasteiger charge is 2.35. The van der Waals surface area contributed by atoms with E-state index in [1.807, 2.05) is 58.0 Å². The Hall–Kier alpha value is -4.70. The molecule has 1 atom stereocenters. The van der Waals surface area contributed by atoms with Crippen LogP contribution in [-0.4, -0.2) is 36.3 Å². The summed E-state index contributed by atoms with van der Waals surface area (Å²) in [6.45, 7) is 9.47. The number of carbonyl (C=O) groups is 2. The van der Waals surface area contributed by atoms with Gasteiger partial charge in [-0.2, -0.15) is 0 Å². The Morgan fingerprint density at radius 3 is 2.56 bits per heavy atom. The second-order valence-electron chi connectivity index (χ2n) is 10.8. The lowest BCUT2D eigenvalue weighted by atomic mass is 9.93. The molecule has 4 aromatic rings. The van der Waals surface area contributed by atoms with Crippen LogP contribution in [0.4, 0.5) is 0 Å². The van der Waals surface area contributed by atoms with Crippen molar-refractivity contribution in [2.45, 2.75) is 59.6 Å². The van der Waals surface area contributed by atoms with E-state index in [4.69, 9.17) is 23.6 Å². The van der Waals surface area contributed by atoms with Crippen molar-refractivity contribution in [3.05, 3.63) is 108 Å². The fraction of sp³-hybridized carbons (Fsp3) is 0.314. The molecule has 0 spiro atoms. The van der Waals surface area contributed by atoms with Gasteiger partial charge < -0.3 is 18.6 Å². The maximum Gasteiger partial charge on any atom is 0.338 e. The first kappa shape index (κ1) is 31.7. The van der Waals surface area contributed by atoms with Crippen LogP contribution >= 0.6 is 11.3 Å². The van der Waals surface area contributed by atoms with Gasteiger partial charge in [-0.25, -0.2) is 14.6 Å². The number of methoxy groups -OCH3 is 1. The monoisotopic (exact) mass is 628 g/mol. The van der Waals surface area contributed by atoms with Gasteiger partial charge in [-0.15, -0.1) is 0 Å². The van der Waals surface area contributed by atoms with Crippen LogP contribution in [0.25, 0.3) is 17.4 Å². The highest BCUT2D eigenvalue weighted by atomic mass is 32.1. The molecule has 0 unspecified atom stereocenters. The summed E-state index contributed by atoms with van der Waals surface area (Å²) in [5.41, 5.74) is 3.41. The van der Waals surface area contributed by atoms with Gasteiger partial charge in [-0.1, -0.05) is 48.9 Å². The van der Waals surface area contributed by atoms with Crippen molar-refractivity contribution < 1.29 is 28.2 Å². The van der Waals surface area contributed by atoms with Gasteiger partial charge in [0.05, 0.1) is 41.2 Å². The summed E-state index contributed by atoms with van der Waals surface area (Å²) in [4.78, 5) is 45.1. The topological polar surface area (TPSA) is 109 Å². The number of benzene rings is 2. The molecule has 0 aliphatic carbocycles. The molecule has 1 aliphatic heterocycles. The summed E-state index contributed by atoms with van der Waals surface area (Å²) >= 11 is 1.23. The number of rotatable bonds is 10. The lowest BCUT2D eigenvalue weighted by Crippen LogP contribution is -2.40. The average molecular weight is 629 g/mol. The van der Waals surface area contributed by atoms with E-state index >= 15 is 0 Å². The number of carbonyl (C=O) groups excluding carboxylic acids is 2. The molecule has 5 rings (SSSR count). The maximum atomic E-state index is 14.1. The van der Waals surface area contributed by atoms with Gasteiger partial charge >= 0.3 is 11.9 Å². The number of hydrogen-bond donors (Lipinski definition) is 0. The van der Waals surface area contributed by atoms with Crippen LogP contribution in [0.3, 0.4) is 0 Å². The maximum absolute atomic E-state index is 14.1. The minimum absolute atomic E-state index is 0.190. The molecule has 3 heterocycles. The van der Waals surface area contributed by atoms with E-state index in [0.29, 0.717) is 55.4 Å². The molecule has 9 nitrogen and oxygen atoms in total. The lowest BCUT2D eigenvalue weighted by Gasteiger charge is -2.26. The molecule has 45 heavy (non-hydrogen) atoms. The Labute approximate surface area is 265 Å². The van der Waals surface area contributed by atoms with Crippen molar-refractivity contribution in [1.82, 2.24) is 4.57 Å². The molecule has 0 fully saturated rings. The van der Waals surface area contributed by atoms with Gasteiger partial charge in [0.25, 0.3) is 5.56 Å². The molecule has 0 saturated heterocycles. The molecule has 0 N–H and O–H groups in total. The number of fused-ring (bicyclic) bond motifs is 1. The highest BCUT2D eigenvalue weighted by Crippen LogP contribution is 2.37. The fourth-order valence-corrected chi connectivity index (χ4v) is 6.36. The van der Waals surface area contributed by atoms with Crippen LogP contribution in [0.1, 0.15) is 73.8 Å². The number of thiazole rings is 1. The Balaban J connectivity index is 1.60. The second-order valence-corrected chi connectivity index (χ2v) is 11.9. The van der Waals surface area contributed by atoms with Crippen LogP contribution in [0, 0.1) is 6.92 Å². The number of furan rings is 1. The van der Waals surface area contributed by atoms with E-state index in [1.165, 1.54) is 11.3 Å². The molecule has 0 radical (unpaired) electrons. The van der Waals surface area contributed by atoms with E-state index in [1.54, 1.807) is 48.9 Å². The van der Waals surface area contributed by atoms with Gasteiger partial charge in [0.2, 0.25) is 0 Å². The Morgan fingerprint density at radius 2 is 1.87 bits per heavy atom. The third kappa shape index (κ3) is 6.42. The Kier molecular flexibility index (Phi) is 9.53. The van der Waals surface area contributed by atoms with Crippen LogP contribution in [0.5, 0.6) is 5.75 Å².